The molecule has 0 atom stereocenters. The van der Waals surface area contributed by atoms with Gasteiger partial charge in [0.15, 0.2) is 0 Å². The predicted octanol–water partition coefficient (Wildman–Crippen LogP) is 2.11. The standard InChI is InChI=1S/C12H17N3/c13-11-14-8-9-7-12(4-1-2-5-12)6-3-10(9)15-11/h8H,1-7H2,(H2,13,14,15). The highest BCUT2D eigenvalue weighted by Gasteiger charge is 2.37. The number of nitrogen functional groups attached to an aromatic ring is 1. The molecule has 2 aliphatic rings. The predicted molar refractivity (Wildman–Crippen MR) is 59.4 cm³/mol. The van der Waals surface area contributed by atoms with Gasteiger partial charge in [-0.1, -0.05) is 12.8 Å². The normalized spacial score (nSPS) is 22.9. The van der Waals surface area contributed by atoms with Gasteiger partial charge in [-0.2, -0.15) is 0 Å². The van der Waals surface area contributed by atoms with Gasteiger partial charge >= 0.3 is 0 Å². The van der Waals surface area contributed by atoms with Crippen molar-refractivity contribution in [2.24, 2.45) is 5.41 Å². The molecule has 15 heavy (non-hydrogen) atoms. The molecule has 0 bridgehead atoms. The highest BCUT2D eigenvalue weighted by atomic mass is 15.0. The van der Waals surface area contributed by atoms with Gasteiger partial charge in [0.05, 0.1) is 0 Å². The molecule has 0 radical (unpaired) electrons. The lowest BCUT2D eigenvalue weighted by Gasteiger charge is -2.33. The van der Waals surface area contributed by atoms with Gasteiger partial charge in [0.25, 0.3) is 0 Å². The van der Waals surface area contributed by atoms with E-state index in [1.807, 2.05) is 6.20 Å². The molecule has 2 N–H and O–H groups in total. The molecule has 3 rings (SSSR count). The lowest BCUT2D eigenvalue weighted by molar-refractivity contribution is 0.252. The largest absolute Gasteiger partial charge is 0.368 e. The van der Waals surface area contributed by atoms with E-state index in [1.54, 1.807) is 0 Å². The number of rotatable bonds is 0. The number of hydrogen-bond donors (Lipinski definition) is 1. The van der Waals surface area contributed by atoms with E-state index in [0.717, 1.165) is 6.42 Å². The van der Waals surface area contributed by atoms with Crippen LogP contribution < -0.4 is 5.73 Å². The van der Waals surface area contributed by atoms with Crippen molar-refractivity contribution in [1.29, 1.82) is 0 Å². The molecular formula is C12H17N3. The van der Waals surface area contributed by atoms with Crippen LogP contribution in [0.2, 0.25) is 0 Å². The summed E-state index contributed by atoms with van der Waals surface area (Å²) in [5.74, 6) is 0.427. The van der Waals surface area contributed by atoms with E-state index in [0.29, 0.717) is 11.4 Å². The van der Waals surface area contributed by atoms with Crippen molar-refractivity contribution in [3.63, 3.8) is 0 Å². The summed E-state index contributed by atoms with van der Waals surface area (Å²) in [6.07, 6.45) is 11.1. The van der Waals surface area contributed by atoms with Crippen molar-refractivity contribution in [3.05, 3.63) is 17.5 Å². The average molecular weight is 203 g/mol. The topological polar surface area (TPSA) is 51.8 Å². The number of fused-ring (bicyclic) bond motifs is 1. The molecule has 2 aliphatic carbocycles. The van der Waals surface area contributed by atoms with E-state index in [9.17, 15) is 0 Å². The SMILES string of the molecule is Nc1ncc2c(n1)CCC1(CCCC1)C2. The Labute approximate surface area is 90.1 Å². The van der Waals surface area contributed by atoms with Crippen molar-refractivity contribution >= 4 is 5.95 Å². The molecule has 3 nitrogen and oxygen atoms in total. The molecule has 1 aromatic rings. The third-order valence-electron chi connectivity index (χ3n) is 4.09. The van der Waals surface area contributed by atoms with Gasteiger partial charge in [-0.25, -0.2) is 9.97 Å². The van der Waals surface area contributed by atoms with Gasteiger partial charge in [-0.05, 0) is 43.1 Å². The number of aromatic nitrogens is 2. The average Bonchev–Trinajstić information content (AvgIpc) is 2.67. The maximum atomic E-state index is 5.60. The van der Waals surface area contributed by atoms with Gasteiger partial charge in [0, 0.05) is 11.9 Å². The second kappa shape index (κ2) is 3.19. The number of nitrogens with two attached hydrogens (primary N) is 1. The molecule has 1 spiro atoms. The second-order valence-electron chi connectivity index (χ2n) is 5.08. The van der Waals surface area contributed by atoms with E-state index in [1.165, 1.54) is 49.8 Å². The quantitative estimate of drug-likeness (QED) is 0.702. The molecule has 1 saturated carbocycles. The lowest BCUT2D eigenvalue weighted by Crippen LogP contribution is -2.26. The van der Waals surface area contributed by atoms with Gasteiger partial charge in [-0.15, -0.1) is 0 Å². The molecule has 80 valence electrons. The smallest absolute Gasteiger partial charge is 0.220 e. The van der Waals surface area contributed by atoms with Gasteiger partial charge in [-0.3, -0.25) is 0 Å². The van der Waals surface area contributed by atoms with Crippen LogP contribution in [-0.4, -0.2) is 9.97 Å². The minimum Gasteiger partial charge on any atom is -0.368 e. The highest BCUT2D eigenvalue weighted by molar-refractivity contribution is 5.28. The van der Waals surface area contributed by atoms with Crippen LogP contribution in [0.1, 0.15) is 43.4 Å². The maximum Gasteiger partial charge on any atom is 0.220 e. The van der Waals surface area contributed by atoms with Crippen LogP contribution in [0.4, 0.5) is 5.95 Å². The molecule has 0 saturated heterocycles. The number of hydrogen-bond acceptors (Lipinski definition) is 3. The first-order valence-corrected chi connectivity index (χ1v) is 5.88. The molecule has 0 amide bonds. The summed E-state index contributed by atoms with van der Waals surface area (Å²) in [5, 5.41) is 0. The molecule has 0 aliphatic heterocycles. The Kier molecular flexibility index (Phi) is 1.94. The maximum absolute atomic E-state index is 5.60. The van der Waals surface area contributed by atoms with Crippen molar-refractivity contribution in [3.8, 4) is 0 Å². The Morgan fingerprint density at radius 2 is 2.00 bits per heavy atom. The van der Waals surface area contributed by atoms with Gasteiger partial charge in [0.2, 0.25) is 5.95 Å². The van der Waals surface area contributed by atoms with E-state index >= 15 is 0 Å². The van der Waals surface area contributed by atoms with Crippen LogP contribution >= 0.6 is 0 Å². The monoisotopic (exact) mass is 203 g/mol. The van der Waals surface area contributed by atoms with E-state index in [2.05, 4.69) is 9.97 Å². The van der Waals surface area contributed by atoms with Crippen LogP contribution in [0, 0.1) is 5.41 Å². The van der Waals surface area contributed by atoms with Crippen LogP contribution in [0.25, 0.3) is 0 Å². The zero-order chi connectivity index (χ0) is 10.3. The fraction of sp³-hybridized carbons (Fsp3) is 0.667. The van der Waals surface area contributed by atoms with Crippen LogP contribution in [0.3, 0.4) is 0 Å². The highest BCUT2D eigenvalue weighted by Crippen LogP contribution is 2.47. The molecule has 0 aromatic carbocycles. The third-order valence-corrected chi connectivity index (χ3v) is 4.09. The van der Waals surface area contributed by atoms with Crippen LogP contribution in [0.15, 0.2) is 6.20 Å². The molecule has 1 aromatic heterocycles. The summed E-state index contributed by atoms with van der Waals surface area (Å²) >= 11 is 0. The van der Waals surface area contributed by atoms with E-state index in [4.69, 9.17) is 5.73 Å². The summed E-state index contributed by atoms with van der Waals surface area (Å²) in [4.78, 5) is 8.45. The Balaban J connectivity index is 1.93. The second-order valence-corrected chi connectivity index (χ2v) is 5.08. The number of anilines is 1. The summed E-state index contributed by atoms with van der Waals surface area (Å²) in [5.41, 5.74) is 8.73. The lowest BCUT2D eigenvalue weighted by atomic mass is 9.72. The molecule has 3 heteroatoms. The third kappa shape index (κ3) is 1.50. The Bertz CT molecular complexity index is 380. The summed E-state index contributed by atoms with van der Waals surface area (Å²) in [7, 11) is 0. The van der Waals surface area contributed by atoms with Crippen molar-refractivity contribution in [2.75, 3.05) is 5.73 Å². The zero-order valence-corrected chi connectivity index (χ0v) is 9.00. The zero-order valence-electron chi connectivity index (χ0n) is 9.00. The minimum absolute atomic E-state index is 0.427. The van der Waals surface area contributed by atoms with Crippen molar-refractivity contribution in [2.45, 2.75) is 44.9 Å². The van der Waals surface area contributed by atoms with E-state index < -0.39 is 0 Å². The van der Waals surface area contributed by atoms with Crippen LogP contribution in [0.5, 0.6) is 0 Å². The van der Waals surface area contributed by atoms with Crippen molar-refractivity contribution < 1.29 is 0 Å². The summed E-state index contributed by atoms with van der Waals surface area (Å²) < 4.78 is 0. The van der Waals surface area contributed by atoms with Crippen molar-refractivity contribution in [1.82, 2.24) is 9.97 Å². The first-order valence-electron chi connectivity index (χ1n) is 5.88. The summed E-state index contributed by atoms with van der Waals surface area (Å²) in [6, 6.07) is 0. The van der Waals surface area contributed by atoms with Gasteiger partial charge < -0.3 is 5.73 Å². The fourth-order valence-corrected chi connectivity index (χ4v) is 3.25. The number of nitrogens with zero attached hydrogens (tertiary/aromatic N) is 2. The van der Waals surface area contributed by atoms with Crippen LogP contribution in [-0.2, 0) is 12.8 Å². The van der Waals surface area contributed by atoms with E-state index in [-0.39, 0.29) is 0 Å². The summed E-state index contributed by atoms with van der Waals surface area (Å²) in [6.45, 7) is 0. The molecule has 0 unspecified atom stereocenters. The molecular weight excluding hydrogens is 186 g/mol. The molecule has 1 heterocycles. The Morgan fingerprint density at radius 3 is 2.80 bits per heavy atom. The number of aryl methyl sites for hydroxylation is 1. The van der Waals surface area contributed by atoms with Gasteiger partial charge in [0.1, 0.15) is 0 Å². The Hall–Kier alpha value is -1.12. The first kappa shape index (κ1) is 9.13. The Morgan fingerprint density at radius 1 is 1.20 bits per heavy atom. The fourth-order valence-electron chi connectivity index (χ4n) is 3.25. The molecule has 1 fully saturated rings. The minimum atomic E-state index is 0.427. The first-order chi connectivity index (χ1) is 7.27.